The number of carbonyl (C=O) groups is 2. The van der Waals surface area contributed by atoms with Crippen molar-refractivity contribution in [2.24, 2.45) is 23.7 Å². The lowest BCUT2D eigenvalue weighted by molar-refractivity contribution is -0.144. The zero-order valence-corrected chi connectivity index (χ0v) is 27.0. The Morgan fingerprint density at radius 3 is 2.30 bits per heavy atom. The van der Waals surface area contributed by atoms with Gasteiger partial charge in [0.25, 0.3) is 0 Å². The SMILES string of the molecule is C=C(C)C(=O)OCC(CCOC(=O)C(=C)CO)C1CCC(C2CCc3cc(-c4ccc(CCCCC)cc4)ccc3C2)CC1. The standard InChI is InChI=1S/C39H52O5/c1-5-6-7-8-29-9-11-30(12-10-29)33-17-19-36-24-34(18-20-35(36)23-33)31-13-15-32(16-14-31)37(26-44-38(41)27(2)3)21-22-43-39(42)28(4)25-40/h9-12,17,19,23,31-32,34,37,40H,2,4-8,13-16,18,20-22,24-26H2,1,3H3. The number of ether oxygens (including phenoxy) is 2. The summed E-state index contributed by atoms with van der Waals surface area (Å²) < 4.78 is 10.9. The lowest BCUT2D eigenvalue weighted by Gasteiger charge is -2.39. The van der Waals surface area contributed by atoms with Gasteiger partial charge in [-0.1, -0.05) is 75.4 Å². The van der Waals surface area contributed by atoms with Crippen LogP contribution < -0.4 is 0 Å². The summed E-state index contributed by atoms with van der Waals surface area (Å²) in [6.07, 6.45) is 13.7. The summed E-state index contributed by atoms with van der Waals surface area (Å²) in [7, 11) is 0. The number of aryl methyl sites for hydroxylation is 2. The van der Waals surface area contributed by atoms with Gasteiger partial charge < -0.3 is 14.6 Å². The molecule has 0 aliphatic heterocycles. The number of esters is 2. The number of benzene rings is 2. The molecule has 1 saturated carbocycles. The van der Waals surface area contributed by atoms with Gasteiger partial charge in [-0.3, -0.25) is 0 Å². The van der Waals surface area contributed by atoms with Crippen molar-refractivity contribution in [3.63, 3.8) is 0 Å². The molecule has 238 valence electrons. The lowest BCUT2D eigenvalue weighted by atomic mass is 9.67. The van der Waals surface area contributed by atoms with Crippen molar-refractivity contribution in [1.29, 1.82) is 0 Å². The molecule has 2 aliphatic rings. The molecule has 1 fully saturated rings. The highest BCUT2D eigenvalue weighted by atomic mass is 16.5. The van der Waals surface area contributed by atoms with Crippen molar-refractivity contribution in [2.75, 3.05) is 19.8 Å². The summed E-state index contributed by atoms with van der Waals surface area (Å²) in [5.74, 6) is 1.00. The molecule has 2 unspecified atom stereocenters. The molecule has 0 amide bonds. The van der Waals surface area contributed by atoms with Gasteiger partial charge in [0.1, 0.15) is 0 Å². The minimum Gasteiger partial charge on any atom is -0.462 e. The van der Waals surface area contributed by atoms with Crippen LogP contribution in [0.2, 0.25) is 0 Å². The first kappa shape index (κ1) is 33.7. The summed E-state index contributed by atoms with van der Waals surface area (Å²) in [4.78, 5) is 24.1. The van der Waals surface area contributed by atoms with Crippen LogP contribution in [-0.2, 0) is 38.3 Å². The van der Waals surface area contributed by atoms with Crippen molar-refractivity contribution in [3.8, 4) is 11.1 Å². The summed E-state index contributed by atoms with van der Waals surface area (Å²) in [5, 5.41) is 9.13. The van der Waals surface area contributed by atoms with E-state index in [1.54, 1.807) is 6.92 Å². The zero-order valence-electron chi connectivity index (χ0n) is 27.0. The quantitative estimate of drug-likeness (QED) is 0.127. The molecule has 5 nitrogen and oxygen atoms in total. The van der Waals surface area contributed by atoms with E-state index in [4.69, 9.17) is 14.6 Å². The van der Waals surface area contributed by atoms with E-state index in [0.717, 1.165) is 25.7 Å². The minimum atomic E-state index is -0.575. The van der Waals surface area contributed by atoms with Crippen LogP contribution in [0.3, 0.4) is 0 Å². The largest absolute Gasteiger partial charge is 0.462 e. The first-order valence-electron chi connectivity index (χ1n) is 16.8. The van der Waals surface area contributed by atoms with Gasteiger partial charge in [0.2, 0.25) is 0 Å². The summed E-state index contributed by atoms with van der Waals surface area (Å²) in [6, 6.07) is 16.3. The highest BCUT2D eigenvalue weighted by Gasteiger charge is 2.33. The molecular formula is C39H52O5. The number of rotatable bonds is 15. The van der Waals surface area contributed by atoms with Gasteiger partial charge in [0.05, 0.1) is 25.4 Å². The maximum atomic E-state index is 12.1. The molecule has 2 aromatic rings. The van der Waals surface area contributed by atoms with Crippen LogP contribution in [0.5, 0.6) is 0 Å². The van der Waals surface area contributed by atoms with Gasteiger partial charge in [-0.05, 0) is 123 Å². The Labute approximate surface area is 264 Å². The average Bonchev–Trinajstić information content (AvgIpc) is 3.05. The second kappa shape index (κ2) is 16.8. The second-order valence-corrected chi connectivity index (χ2v) is 13.1. The van der Waals surface area contributed by atoms with Gasteiger partial charge in [0, 0.05) is 5.57 Å². The van der Waals surface area contributed by atoms with Crippen LogP contribution in [0.15, 0.2) is 66.8 Å². The molecule has 0 saturated heterocycles. The highest BCUT2D eigenvalue weighted by Crippen LogP contribution is 2.42. The second-order valence-electron chi connectivity index (χ2n) is 13.1. The maximum absolute atomic E-state index is 12.1. The number of fused-ring (bicyclic) bond motifs is 1. The normalized spacial score (nSPS) is 20.3. The smallest absolute Gasteiger partial charge is 0.335 e. The van der Waals surface area contributed by atoms with Crippen molar-refractivity contribution < 1.29 is 24.2 Å². The van der Waals surface area contributed by atoms with E-state index in [9.17, 15) is 9.59 Å². The van der Waals surface area contributed by atoms with Crippen LogP contribution in [0, 0.1) is 23.7 Å². The molecule has 2 aliphatic carbocycles. The number of carbonyl (C=O) groups excluding carboxylic acids is 2. The fourth-order valence-corrected chi connectivity index (χ4v) is 7.13. The van der Waals surface area contributed by atoms with E-state index < -0.39 is 12.6 Å². The predicted octanol–water partition coefficient (Wildman–Crippen LogP) is 8.21. The molecule has 1 N–H and O–H groups in total. The molecule has 0 aromatic heterocycles. The third kappa shape index (κ3) is 9.41. The van der Waals surface area contributed by atoms with Crippen LogP contribution in [-0.4, -0.2) is 36.9 Å². The minimum absolute atomic E-state index is 0.0490. The maximum Gasteiger partial charge on any atom is 0.335 e. The fourth-order valence-electron chi connectivity index (χ4n) is 7.13. The van der Waals surface area contributed by atoms with E-state index in [1.807, 2.05) is 0 Å². The molecule has 0 spiro atoms. The zero-order chi connectivity index (χ0) is 31.5. The monoisotopic (exact) mass is 600 g/mol. The van der Waals surface area contributed by atoms with Crippen molar-refractivity contribution in [1.82, 2.24) is 0 Å². The topological polar surface area (TPSA) is 72.8 Å². The summed E-state index contributed by atoms with van der Waals surface area (Å²) >= 11 is 0. The van der Waals surface area contributed by atoms with Crippen LogP contribution in [0.4, 0.5) is 0 Å². The Morgan fingerprint density at radius 2 is 1.61 bits per heavy atom. The van der Waals surface area contributed by atoms with E-state index in [-0.39, 0.29) is 24.1 Å². The number of hydrogen-bond donors (Lipinski definition) is 1. The Hall–Kier alpha value is -3.18. The van der Waals surface area contributed by atoms with Crippen LogP contribution >= 0.6 is 0 Å². The number of unbranched alkanes of at least 4 members (excludes halogenated alkanes) is 2. The Bertz CT molecular complexity index is 1270. The third-order valence-corrected chi connectivity index (χ3v) is 9.96. The Morgan fingerprint density at radius 1 is 0.886 bits per heavy atom. The molecule has 0 radical (unpaired) electrons. The number of aliphatic hydroxyl groups excluding tert-OH is 1. The third-order valence-electron chi connectivity index (χ3n) is 9.96. The van der Waals surface area contributed by atoms with Crippen molar-refractivity contribution in [3.05, 3.63) is 83.5 Å². The lowest BCUT2D eigenvalue weighted by Crippen LogP contribution is -2.31. The molecule has 2 aromatic carbocycles. The molecular weight excluding hydrogens is 548 g/mol. The molecule has 0 heterocycles. The molecule has 5 heteroatoms. The molecule has 44 heavy (non-hydrogen) atoms. The number of aliphatic hydroxyl groups is 1. The fraction of sp³-hybridized carbons (Fsp3) is 0.538. The van der Waals surface area contributed by atoms with E-state index in [1.165, 1.54) is 72.8 Å². The summed E-state index contributed by atoms with van der Waals surface area (Å²) in [5.41, 5.74) is 7.53. The van der Waals surface area contributed by atoms with Crippen molar-refractivity contribution >= 4 is 11.9 Å². The molecule has 0 bridgehead atoms. The number of hydrogen-bond acceptors (Lipinski definition) is 5. The Balaban J connectivity index is 1.30. The average molecular weight is 601 g/mol. The van der Waals surface area contributed by atoms with E-state index in [2.05, 4.69) is 62.5 Å². The van der Waals surface area contributed by atoms with Gasteiger partial charge in [-0.15, -0.1) is 0 Å². The van der Waals surface area contributed by atoms with Crippen LogP contribution in [0.25, 0.3) is 11.1 Å². The van der Waals surface area contributed by atoms with Gasteiger partial charge in [0.15, 0.2) is 0 Å². The molecule has 2 atom stereocenters. The van der Waals surface area contributed by atoms with E-state index in [0.29, 0.717) is 36.4 Å². The first-order chi connectivity index (χ1) is 21.3. The predicted molar refractivity (Wildman–Crippen MR) is 177 cm³/mol. The van der Waals surface area contributed by atoms with Crippen molar-refractivity contribution in [2.45, 2.75) is 90.9 Å². The Kier molecular flexibility index (Phi) is 12.8. The van der Waals surface area contributed by atoms with Gasteiger partial charge >= 0.3 is 11.9 Å². The van der Waals surface area contributed by atoms with Gasteiger partial charge in [-0.25, -0.2) is 9.59 Å². The highest BCUT2D eigenvalue weighted by molar-refractivity contribution is 5.88. The van der Waals surface area contributed by atoms with Crippen LogP contribution in [0.1, 0.15) is 88.3 Å². The molecule has 4 rings (SSSR count). The summed E-state index contributed by atoms with van der Waals surface area (Å²) in [6.45, 7) is 11.2. The van der Waals surface area contributed by atoms with Gasteiger partial charge in [-0.2, -0.15) is 0 Å². The van der Waals surface area contributed by atoms with E-state index >= 15 is 0 Å². The first-order valence-corrected chi connectivity index (χ1v) is 16.8.